The number of hydrogen-bond acceptors (Lipinski definition) is 4. The van der Waals surface area contributed by atoms with E-state index in [1.807, 2.05) is 50.4 Å². The van der Waals surface area contributed by atoms with E-state index in [-0.39, 0.29) is 12.2 Å². The quantitative estimate of drug-likeness (QED) is 0.503. The van der Waals surface area contributed by atoms with Crippen LogP contribution in [0.2, 0.25) is 0 Å². The van der Waals surface area contributed by atoms with E-state index in [1.54, 1.807) is 14.2 Å². The molecule has 4 nitrogen and oxygen atoms in total. The summed E-state index contributed by atoms with van der Waals surface area (Å²) in [7, 11) is 3.25. The fraction of sp³-hybridized carbons (Fsp3) is 0.318. The second-order valence-electron chi connectivity index (χ2n) is 6.53. The van der Waals surface area contributed by atoms with Crippen LogP contribution in [0.4, 0.5) is 0 Å². The molecule has 0 N–H and O–H groups in total. The molecule has 3 aromatic rings. The summed E-state index contributed by atoms with van der Waals surface area (Å²) in [5.74, 6) is 1.67. The smallest absolute Gasteiger partial charge is 0.161 e. The van der Waals surface area contributed by atoms with E-state index < -0.39 is 0 Å². The van der Waals surface area contributed by atoms with E-state index >= 15 is 0 Å². The van der Waals surface area contributed by atoms with Gasteiger partial charge in [-0.3, -0.25) is 4.98 Å². The van der Waals surface area contributed by atoms with Crippen LogP contribution in [0.3, 0.4) is 0 Å². The molecule has 3 rings (SSSR count). The maximum Gasteiger partial charge on any atom is 0.161 e. The first-order valence-corrected chi connectivity index (χ1v) is 9.42. The normalized spacial score (nSPS) is 12.4. The Morgan fingerprint density at radius 2 is 1.59 bits per heavy atom. The van der Waals surface area contributed by atoms with Crippen molar-refractivity contribution in [2.45, 2.75) is 31.9 Å². The highest BCUT2D eigenvalue weighted by Gasteiger charge is 2.22. The van der Waals surface area contributed by atoms with Crippen molar-refractivity contribution in [1.29, 1.82) is 0 Å². The van der Waals surface area contributed by atoms with E-state index in [4.69, 9.17) is 30.8 Å². The third-order valence-electron chi connectivity index (χ3n) is 4.41. The van der Waals surface area contributed by atoms with Crippen LogP contribution < -0.4 is 9.47 Å². The Morgan fingerprint density at radius 1 is 0.963 bits per heavy atom. The number of pyridine rings is 1. The maximum atomic E-state index is 6.27. The Morgan fingerprint density at radius 3 is 2.15 bits per heavy atom. The molecule has 0 aliphatic heterocycles. The highest BCUT2D eigenvalue weighted by atomic mass is 35.5. The summed E-state index contributed by atoms with van der Waals surface area (Å²) in [6, 6.07) is 14.0. The molecule has 142 valence electrons. The molecular weight excluding hydrogens is 362 g/mol. The molecule has 0 saturated carbocycles. The van der Waals surface area contributed by atoms with Gasteiger partial charge in [0.1, 0.15) is 6.10 Å². The molecule has 0 aliphatic carbocycles. The van der Waals surface area contributed by atoms with Gasteiger partial charge >= 0.3 is 0 Å². The van der Waals surface area contributed by atoms with Gasteiger partial charge < -0.3 is 14.2 Å². The molecule has 0 fully saturated rings. The number of methoxy groups -OCH3 is 2. The molecule has 5 heteroatoms. The predicted octanol–water partition coefficient (Wildman–Crippen LogP) is 5.51. The van der Waals surface area contributed by atoms with Crippen LogP contribution in [0, 0.1) is 0 Å². The Balaban J connectivity index is 2.28. The van der Waals surface area contributed by atoms with E-state index in [2.05, 4.69) is 12.1 Å². The van der Waals surface area contributed by atoms with Crippen LogP contribution in [0.15, 0.2) is 48.7 Å². The molecule has 1 heterocycles. The molecule has 0 amide bonds. The van der Waals surface area contributed by atoms with E-state index in [9.17, 15) is 0 Å². The van der Waals surface area contributed by atoms with Crippen molar-refractivity contribution in [3.05, 3.63) is 65.5 Å². The fourth-order valence-electron chi connectivity index (χ4n) is 3.16. The first kappa shape index (κ1) is 19.5. The van der Waals surface area contributed by atoms with Crippen LogP contribution >= 0.6 is 11.6 Å². The zero-order chi connectivity index (χ0) is 19.4. The molecule has 1 aromatic heterocycles. The molecular formula is C22H24ClNO3. The molecule has 0 radical (unpaired) electrons. The molecule has 0 spiro atoms. The van der Waals surface area contributed by atoms with Gasteiger partial charge in [-0.25, -0.2) is 0 Å². The number of fused-ring (bicyclic) bond motifs is 1. The van der Waals surface area contributed by atoms with Crippen LogP contribution in [-0.4, -0.2) is 25.3 Å². The number of aromatic nitrogens is 1. The van der Waals surface area contributed by atoms with Crippen LogP contribution in [0.1, 0.15) is 36.8 Å². The molecule has 27 heavy (non-hydrogen) atoms. The van der Waals surface area contributed by atoms with Gasteiger partial charge in [-0.1, -0.05) is 30.3 Å². The number of hydrogen-bond donors (Lipinski definition) is 0. The van der Waals surface area contributed by atoms with Gasteiger partial charge in [0.15, 0.2) is 11.5 Å². The molecule has 0 bridgehead atoms. The fourth-order valence-corrected chi connectivity index (χ4v) is 3.37. The summed E-state index contributed by atoms with van der Waals surface area (Å²) in [5.41, 5.74) is 2.82. The number of nitrogens with zero attached hydrogens (tertiary/aromatic N) is 1. The van der Waals surface area contributed by atoms with Crippen molar-refractivity contribution in [2.24, 2.45) is 0 Å². The average Bonchev–Trinajstić information content (AvgIpc) is 2.70. The predicted molar refractivity (Wildman–Crippen MR) is 109 cm³/mol. The zero-order valence-electron chi connectivity index (χ0n) is 16.0. The summed E-state index contributed by atoms with van der Waals surface area (Å²) in [5, 5.41) is 1.93. The Kier molecular flexibility index (Phi) is 6.19. The lowest BCUT2D eigenvalue weighted by molar-refractivity contribution is 0.0289. The summed E-state index contributed by atoms with van der Waals surface area (Å²) in [4.78, 5) is 4.73. The lowest BCUT2D eigenvalue weighted by Gasteiger charge is -2.23. The molecule has 1 unspecified atom stereocenters. The lowest BCUT2D eigenvalue weighted by Crippen LogP contribution is -2.14. The van der Waals surface area contributed by atoms with Crippen molar-refractivity contribution in [3.8, 4) is 11.5 Å². The minimum absolute atomic E-state index is 0.0416. The van der Waals surface area contributed by atoms with Crippen molar-refractivity contribution < 1.29 is 14.2 Å². The summed E-state index contributed by atoms with van der Waals surface area (Å²) in [6.07, 6.45) is 1.56. The van der Waals surface area contributed by atoms with Crippen LogP contribution in [0.25, 0.3) is 10.8 Å². The van der Waals surface area contributed by atoms with Crippen molar-refractivity contribution in [1.82, 2.24) is 4.98 Å². The SMILES string of the molecule is COc1cc2c(CCl)cnc(C(OC(C)C)c3ccccc3)c2cc1OC. The molecule has 0 aliphatic rings. The minimum atomic E-state index is -0.295. The first-order chi connectivity index (χ1) is 13.1. The zero-order valence-corrected chi connectivity index (χ0v) is 16.8. The van der Waals surface area contributed by atoms with Gasteiger partial charge in [0.25, 0.3) is 0 Å². The topological polar surface area (TPSA) is 40.6 Å². The second kappa shape index (κ2) is 8.59. The third kappa shape index (κ3) is 4.02. The van der Waals surface area contributed by atoms with E-state index in [1.165, 1.54) is 0 Å². The van der Waals surface area contributed by atoms with E-state index in [0.717, 1.165) is 27.6 Å². The Bertz CT molecular complexity index is 912. The largest absolute Gasteiger partial charge is 0.493 e. The highest BCUT2D eigenvalue weighted by molar-refractivity contribution is 6.18. The maximum absolute atomic E-state index is 6.27. The number of ether oxygens (including phenoxy) is 3. The summed E-state index contributed by atoms with van der Waals surface area (Å²) < 4.78 is 17.3. The van der Waals surface area contributed by atoms with Gasteiger partial charge in [-0.2, -0.15) is 0 Å². The highest BCUT2D eigenvalue weighted by Crippen LogP contribution is 2.39. The number of benzene rings is 2. The standard InChI is InChI=1S/C22H24ClNO3/c1-14(2)27-22(15-8-6-5-7-9-15)21-18-11-20(26-4)19(25-3)10-17(18)16(12-23)13-24-21/h5-11,13-14,22H,12H2,1-4H3. The minimum Gasteiger partial charge on any atom is -0.493 e. The third-order valence-corrected chi connectivity index (χ3v) is 4.70. The summed E-state index contributed by atoms with van der Waals surface area (Å²) in [6.45, 7) is 4.05. The molecule has 0 saturated heterocycles. The van der Waals surface area contributed by atoms with Crippen LogP contribution in [0.5, 0.6) is 11.5 Å². The number of alkyl halides is 1. The lowest BCUT2D eigenvalue weighted by atomic mass is 9.98. The van der Waals surface area contributed by atoms with Gasteiger partial charge in [0.2, 0.25) is 0 Å². The number of halogens is 1. The number of rotatable bonds is 7. The molecule has 1 atom stereocenters. The van der Waals surface area contributed by atoms with Crippen molar-refractivity contribution in [3.63, 3.8) is 0 Å². The van der Waals surface area contributed by atoms with Gasteiger partial charge in [-0.15, -0.1) is 11.6 Å². The van der Waals surface area contributed by atoms with Crippen molar-refractivity contribution >= 4 is 22.4 Å². The monoisotopic (exact) mass is 385 g/mol. The van der Waals surface area contributed by atoms with E-state index in [0.29, 0.717) is 17.4 Å². The Hall–Kier alpha value is -2.30. The van der Waals surface area contributed by atoms with Gasteiger partial charge in [0.05, 0.1) is 26.0 Å². The first-order valence-electron chi connectivity index (χ1n) is 8.88. The average molecular weight is 386 g/mol. The van der Waals surface area contributed by atoms with Gasteiger partial charge in [-0.05, 0) is 42.5 Å². The molecule has 2 aromatic carbocycles. The Labute approximate surface area is 165 Å². The summed E-state index contributed by atoms with van der Waals surface area (Å²) >= 11 is 6.17. The van der Waals surface area contributed by atoms with Crippen molar-refractivity contribution in [2.75, 3.05) is 14.2 Å². The second-order valence-corrected chi connectivity index (χ2v) is 6.80. The van der Waals surface area contributed by atoms with Crippen LogP contribution in [-0.2, 0) is 10.6 Å². The van der Waals surface area contributed by atoms with Gasteiger partial charge in [0, 0.05) is 17.5 Å².